The lowest BCUT2D eigenvalue weighted by atomic mass is 9.99. The molecule has 4 heteroatoms. The fourth-order valence-electron chi connectivity index (χ4n) is 2.78. The number of hydrogen-bond acceptors (Lipinski definition) is 4. The molecule has 102 valence electrons. The molecule has 0 saturated heterocycles. The molecule has 0 radical (unpaired) electrons. The van der Waals surface area contributed by atoms with Crippen molar-refractivity contribution in [2.75, 3.05) is 0 Å². The third-order valence-electron chi connectivity index (χ3n) is 3.67. The Morgan fingerprint density at radius 1 is 0.857 bits per heavy atom. The van der Waals surface area contributed by atoms with Crippen LogP contribution < -0.4 is 5.63 Å². The molecule has 3 aromatic carbocycles. The molecule has 21 heavy (non-hydrogen) atoms. The second-order valence-corrected chi connectivity index (χ2v) is 4.94. The van der Waals surface area contributed by atoms with E-state index in [9.17, 15) is 15.0 Å². The summed E-state index contributed by atoms with van der Waals surface area (Å²) in [5.74, 6) is -0.266. The highest BCUT2D eigenvalue weighted by Crippen LogP contribution is 2.37. The summed E-state index contributed by atoms with van der Waals surface area (Å²) >= 11 is 0. The van der Waals surface area contributed by atoms with Gasteiger partial charge in [0.25, 0.3) is 0 Å². The number of benzene rings is 3. The molecule has 4 aromatic rings. The fraction of sp³-hybridized carbons (Fsp3) is 0. The number of phenols is 2. The van der Waals surface area contributed by atoms with Crippen molar-refractivity contribution in [2.24, 2.45) is 0 Å². The largest absolute Gasteiger partial charge is 0.508 e. The van der Waals surface area contributed by atoms with E-state index in [-0.39, 0.29) is 17.1 Å². The van der Waals surface area contributed by atoms with Crippen LogP contribution in [0.2, 0.25) is 0 Å². The maximum Gasteiger partial charge on any atom is 0.344 e. The van der Waals surface area contributed by atoms with Gasteiger partial charge in [0.15, 0.2) is 0 Å². The van der Waals surface area contributed by atoms with Gasteiger partial charge in [-0.1, -0.05) is 30.3 Å². The third kappa shape index (κ3) is 1.59. The predicted octanol–water partition coefficient (Wildman–Crippen LogP) is 3.51. The van der Waals surface area contributed by atoms with Crippen molar-refractivity contribution in [3.63, 3.8) is 0 Å². The van der Waals surface area contributed by atoms with E-state index >= 15 is 0 Å². The number of fused-ring (bicyclic) bond motifs is 5. The van der Waals surface area contributed by atoms with Crippen LogP contribution in [0.3, 0.4) is 0 Å². The van der Waals surface area contributed by atoms with Crippen molar-refractivity contribution < 1.29 is 14.6 Å². The first kappa shape index (κ1) is 11.8. The quantitative estimate of drug-likeness (QED) is 0.381. The van der Waals surface area contributed by atoms with Crippen LogP contribution in [-0.4, -0.2) is 10.2 Å². The lowest BCUT2D eigenvalue weighted by Gasteiger charge is -2.08. The highest BCUT2D eigenvalue weighted by atomic mass is 16.4. The van der Waals surface area contributed by atoms with Crippen LogP contribution >= 0.6 is 0 Å². The van der Waals surface area contributed by atoms with Crippen molar-refractivity contribution in [1.82, 2.24) is 0 Å². The van der Waals surface area contributed by atoms with Crippen molar-refractivity contribution in [3.05, 3.63) is 59.0 Å². The van der Waals surface area contributed by atoms with Gasteiger partial charge < -0.3 is 14.6 Å². The Morgan fingerprint density at radius 2 is 1.67 bits per heavy atom. The van der Waals surface area contributed by atoms with Gasteiger partial charge >= 0.3 is 5.63 Å². The van der Waals surface area contributed by atoms with E-state index in [1.807, 2.05) is 30.3 Å². The summed E-state index contributed by atoms with van der Waals surface area (Å²) < 4.78 is 5.21. The first-order chi connectivity index (χ1) is 10.1. The summed E-state index contributed by atoms with van der Waals surface area (Å²) in [6.07, 6.45) is 0. The molecule has 0 spiro atoms. The zero-order valence-electron chi connectivity index (χ0n) is 10.8. The van der Waals surface area contributed by atoms with E-state index < -0.39 is 5.63 Å². The van der Waals surface area contributed by atoms with Gasteiger partial charge in [-0.25, -0.2) is 4.79 Å². The van der Waals surface area contributed by atoms with Crippen LogP contribution in [0.4, 0.5) is 0 Å². The number of rotatable bonds is 0. The predicted molar refractivity (Wildman–Crippen MR) is 80.8 cm³/mol. The molecular formula is C17H10O4. The monoisotopic (exact) mass is 278 g/mol. The molecule has 1 heterocycles. The topological polar surface area (TPSA) is 70.7 Å². The minimum atomic E-state index is -0.492. The van der Waals surface area contributed by atoms with Crippen molar-refractivity contribution in [1.29, 1.82) is 0 Å². The summed E-state index contributed by atoms with van der Waals surface area (Å²) in [4.78, 5) is 12.1. The molecule has 0 aliphatic heterocycles. The standard InChI is InChI=1S/C17H10O4/c18-10-7-13(19)16-14(8-10)21-17(20)12-6-5-9-3-1-2-4-11(9)15(12)16/h1-8,18-19H. The molecule has 0 atom stereocenters. The van der Waals surface area contributed by atoms with E-state index in [1.54, 1.807) is 6.07 Å². The lowest BCUT2D eigenvalue weighted by Crippen LogP contribution is -2.00. The maximum atomic E-state index is 12.1. The Bertz CT molecular complexity index is 1080. The first-order valence-electron chi connectivity index (χ1n) is 6.45. The van der Waals surface area contributed by atoms with Gasteiger partial charge in [0, 0.05) is 17.5 Å². The molecule has 0 fully saturated rings. The Morgan fingerprint density at radius 3 is 2.52 bits per heavy atom. The van der Waals surface area contributed by atoms with E-state index in [0.29, 0.717) is 16.2 Å². The Hall–Kier alpha value is -3.01. The van der Waals surface area contributed by atoms with Crippen LogP contribution in [0.1, 0.15) is 0 Å². The number of phenolic OH excluding ortho intramolecular Hbond substituents is 2. The van der Waals surface area contributed by atoms with E-state index in [2.05, 4.69) is 0 Å². The van der Waals surface area contributed by atoms with Crippen molar-refractivity contribution in [2.45, 2.75) is 0 Å². The first-order valence-corrected chi connectivity index (χ1v) is 6.45. The normalized spacial score (nSPS) is 11.4. The van der Waals surface area contributed by atoms with E-state index in [0.717, 1.165) is 10.8 Å². The molecule has 0 bridgehead atoms. The smallest absolute Gasteiger partial charge is 0.344 e. The summed E-state index contributed by atoms with van der Waals surface area (Å²) in [5.41, 5.74) is -0.324. The Kier molecular flexibility index (Phi) is 2.24. The fourth-order valence-corrected chi connectivity index (χ4v) is 2.78. The maximum absolute atomic E-state index is 12.1. The van der Waals surface area contributed by atoms with Gasteiger partial charge in [-0.05, 0) is 16.8 Å². The van der Waals surface area contributed by atoms with Crippen molar-refractivity contribution in [3.8, 4) is 11.5 Å². The molecule has 2 N–H and O–H groups in total. The highest BCUT2D eigenvalue weighted by Gasteiger charge is 2.14. The minimum absolute atomic E-state index is 0.116. The zero-order chi connectivity index (χ0) is 14.6. The molecule has 0 aliphatic rings. The molecule has 4 nitrogen and oxygen atoms in total. The van der Waals surface area contributed by atoms with Gasteiger partial charge in [0.05, 0.1) is 10.8 Å². The van der Waals surface area contributed by atoms with E-state index in [1.165, 1.54) is 12.1 Å². The Labute approximate surface area is 118 Å². The number of aromatic hydroxyl groups is 2. The summed E-state index contributed by atoms with van der Waals surface area (Å²) in [7, 11) is 0. The van der Waals surface area contributed by atoms with Crippen LogP contribution in [0.5, 0.6) is 11.5 Å². The molecule has 1 aromatic heterocycles. The average Bonchev–Trinajstić information content (AvgIpc) is 2.46. The minimum Gasteiger partial charge on any atom is -0.508 e. The van der Waals surface area contributed by atoms with Gasteiger partial charge in [0.1, 0.15) is 17.1 Å². The molecule has 4 rings (SSSR count). The van der Waals surface area contributed by atoms with Crippen LogP contribution in [0, 0.1) is 0 Å². The SMILES string of the molecule is O=c1oc2cc(O)cc(O)c2c2c1ccc1ccccc12. The summed E-state index contributed by atoms with van der Waals surface area (Å²) in [5, 5.41) is 23.0. The van der Waals surface area contributed by atoms with Crippen LogP contribution in [-0.2, 0) is 0 Å². The van der Waals surface area contributed by atoms with Gasteiger partial charge in [-0.3, -0.25) is 0 Å². The molecular weight excluding hydrogens is 268 g/mol. The van der Waals surface area contributed by atoms with Gasteiger partial charge in [-0.2, -0.15) is 0 Å². The molecule has 0 amide bonds. The highest BCUT2D eigenvalue weighted by molar-refractivity contribution is 6.20. The van der Waals surface area contributed by atoms with Gasteiger partial charge in [0.2, 0.25) is 0 Å². The molecule has 0 unspecified atom stereocenters. The second-order valence-electron chi connectivity index (χ2n) is 4.94. The van der Waals surface area contributed by atoms with Crippen LogP contribution in [0.25, 0.3) is 32.5 Å². The molecule has 0 saturated carbocycles. The third-order valence-corrected chi connectivity index (χ3v) is 3.67. The molecule has 0 aliphatic carbocycles. The lowest BCUT2D eigenvalue weighted by molar-refractivity contribution is 0.452. The second kappa shape index (κ2) is 3.99. The summed E-state index contributed by atoms with van der Waals surface area (Å²) in [6.45, 7) is 0. The van der Waals surface area contributed by atoms with Crippen LogP contribution in [0.15, 0.2) is 57.7 Å². The zero-order valence-corrected chi connectivity index (χ0v) is 10.8. The van der Waals surface area contributed by atoms with Gasteiger partial charge in [-0.15, -0.1) is 0 Å². The summed E-state index contributed by atoms with van der Waals surface area (Å²) in [6, 6.07) is 13.7. The Balaban J connectivity index is 2.43. The number of hydrogen-bond donors (Lipinski definition) is 2. The van der Waals surface area contributed by atoms with E-state index in [4.69, 9.17) is 4.42 Å². The average molecular weight is 278 g/mol. The van der Waals surface area contributed by atoms with Crippen molar-refractivity contribution >= 4 is 32.5 Å².